The van der Waals surface area contributed by atoms with Gasteiger partial charge in [0, 0.05) is 25.7 Å². The molecule has 0 radical (unpaired) electrons. The first-order valence-electron chi connectivity index (χ1n) is 8.69. The molecule has 2 fully saturated rings. The van der Waals surface area contributed by atoms with E-state index in [4.69, 9.17) is 4.74 Å². The Morgan fingerprint density at radius 3 is 2.50 bits per heavy atom. The molecule has 20 heavy (non-hydrogen) atoms. The summed E-state index contributed by atoms with van der Waals surface area (Å²) in [6.07, 6.45) is 10.1. The summed E-state index contributed by atoms with van der Waals surface area (Å²) in [5.74, 6) is 0. The molecular formula is C17H34N2O. The zero-order valence-electron chi connectivity index (χ0n) is 13.8. The summed E-state index contributed by atoms with van der Waals surface area (Å²) >= 11 is 0. The van der Waals surface area contributed by atoms with Crippen LogP contribution < -0.4 is 5.32 Å². The van der Waals surface area contributed by atoms with Crippen molar-refractivity contribution in [2.24, 2.45) is 5.41 Å². The van der Waals surface area contributed by atoms with E-state index in [0.717, 1.165) is 13.2 Å². The predicted octanol–water partition coefficient (Wildman–Crippen LogP) is 3.05. The van der Waals surface area contributed by atoms with E-state index >= 15 is 0 Å². The van der Waals surface area contributed by atoms with Crippen LogP contribution in [0.15, 0.2) is 0 Å². The fraction of sp³-hybridized carbons (Fsp3) is 1.00. The van der Waals surface area contributed by atoms with Crippen molar-refractivity contribution >= 4 is 0 Å². The summed E-state index contributed by atoms with van der Waals surface area (Å²) in [6, 6.07) is 0.628. The van der Waals surface area contributed by atoms with Crippen LogP contribution >= 0.6 is 0 Å². The van der Waals surface area contributed by atoms with Crippen molar-refractivity contribution in [1.82, 2.24) is 10.2 Å². The molecule has 0 spiro atoms. The fourth-order valence-electron chi connectivity index (χ4n) is 4.16. The third-order valence-corrected chi connectivity index (χ3v) is 5.31. The Morgan fingerprint density at radius 2 is 1.90 bits per heavy atom. The highest BCUT2D eigenvalue weighted by Crippen LogP contribution is 2.36. The van der Waals surface area contributed by atoms with Gasteiger partial charge in [0.2, 0.25) is 0 Å². The average molecular weight is 282 g/mol. The van der Waals surface area contributed by atoms with Crippen LogP contribution in [-0.2, 0) is 4.74 Å². The molecule has 118 valence electrons. The first kappa shape index (κ1) is 16.3. The maximum absolute atomic E-state index is 5.86. The highest BCUT2D eigenvalue weighted by molar-refractivity contribution is 4.90. The predicted molar refractivity (Wildman–Crippen MR) is 85.1 cm³/mol. The lowest BCUT2D eigenvalue weighted by Crippen LogP contribution is -2.54. The Bertz CT molecular complexity index is 274. The van der Waals surface area contributed by atoms with Gasteiger partial charge in [0.25, 0.3) is 0 Å². The number of hydrogen-bond donors (Lipinski definition) is 1. The van der Waals surface area contributed by atoms with Crippen LogP contribution in [0.5, 0.6) is 0 Å². The summed E-state index contributed by atoms with van der Waals surface area (Å²) in [5.41, 5.74) is 0.496. The highest BCUT2D eigenvalue weighted by Gasteiger charge is 2.36. The van der Waals surface area contributed by atoms with Crippen LogP contribution in [0.2, 0.25) is 0 Å². The second-order valence-corrected chi connectivity index (χ2v) is 7.08. The Kier molecular flexibility index (Phi) is 6.31. The van der Waals surface area contributed by atoms with Gasteiger partial charge in [0.1, 0.15) is 0 Å². The number of ether oxygens (including phenoxy) is 1. The van der Waals surface area contributed by atoms with Crippen molar-refractivity contribution in [3.05, 3.63) is 0 Å². The maximum atomic E-state index is 5.86. The molecule has 2 unspecified atom stereocenters. The lowest BCUT2D eigenvalue weighted by Gasteiger charge is -2.44. The molecule has 0 aromatic heterocycles. The van der Waals surface area contributed by atoms with Crippen LogP contribution in [0, 0.1) is 5.41 Å². The van der Waals surface area contributed by atoms with Gasteiger partial charge < -0.3 is 10.1 Å². The van der Waals surface area contributed by atoms with Crippen molar-refractivity contribution in [2.75, 3.05) is 33.3 Å². The van der Waals surface area contributed by atoms with Crippen molar-refractivity contribution in [1.29, 1.82) is 0 Å². The standard InChI is InChI=1S/C17H34N2O/c1-4-16-12-20-15(2)11-19(16)14-17(13-18-3)9-7-5-6-8-10-17/h15-16,18H,4-14H2,1-3H3. The number of hydrogen-bond acceptors (Lipinski definition) is 3. The number of nitrogens with one attached hydrogen (secondary N) is 1. The minimum Gasteiger partial charge on any atom is -0.376 e. The summed E-state index contributed by atoms with van der Waals surface area (Å²) in [4.78, 5) is 2.73. The van der Waals surface area contributed by atoms with Gasteiger partial charge in [-0.15, -0.1) is 0 Å². The molecule has 2 aliphatic rings. The molecule has 1 saturated carbocycles. The molecule has 1 saturated heterocycles. The van der Waals surface area contributed by atoms with Crippen molar-refractivity contribution in [3.8, 4) is 0 Å². The van der Waals surface area contributed by atoms with Crippen LogP contribution in [0.1, 0.15) is 58.8 Å². The zero-order chi connectivity index (χ0) is 14.4. The summed E-state index contributed by atoms with van der Waals surface area (Å²) in [7, 11) is 2.12. The van der Waals surface area contributed by atoms with E-state index in [-0.39, 0.29) is 0 Å². The molecule has 2 atom stereocenters. The van der Waals surface area contributed by atoms with Crippen molar-refractivity contribution < 1.29 is 4.74 Å². The summed E-state index contributed by atoms with van der Waals surface area (Å²) in [6.45, 7) is 9.00. The van der Waals surface area contributed by atoms with Crippen molar-refractivity contribution in [3.63, 3.8) is 0 Å². The molecule has 0 amide bonds. The van der Waals surface area contributed by atoms with E-state index in [0.29, 0.717) is 17.6 Å². The molecule has 2 rings (SSSR count). The van der Waals surface area contributed by atoms with Crippen LogP contribution in [0.25, 0.3) is 0 Å². The third-order valence-electron chi connectivity index (χ3n) is 5.31. The molecule has 1 aliphatic heterocycles. The lowest BCUT2D eigenvalue weighted by molar-refractivity contribution is -0.0707. The van der Waals surface area contributed by atoms with E-state index < -0.39 is 0 Å². The lowest BCUT2D eigenvalue weighted by atomic mass is 9.79. The molecule has 0 bridgehead atoms. The zero-order valence-corrected chi connectivity index (χ0v) is 13.8. The molecular weight excluding hydrogens is 248 g/mol. The Hall–Kier alpha value is -0.120. The van der Waals surface area contributed by atoms with E-state index in [1.807, 2.05) is 0 Å². The first-order valence-corrected chi connectivity index (χ1v) is 8.69. The van der Waals surface area contributed by atoms with Gasteiger partial charge in [0.15, 0.2) is 0 Å². The monoisotopic (exact) mass is 282 g/mol. The van der Waals surface area contributed by atoms with E-state index in [1.165, 1.54) is 58.0 Å². The second-order valence-electron chi connectivity index (χ2n) is 7.08. The molecule has 0 aromatic rings. The van der Waals surface area contributed by atoms with Crippen LogP contribution in [-0.4, -0.2) is 50.3 Å². The molecule has 3 heteroatoms. The topological polar surface area (TPSA) is 24.5 Å². The van der Waals surface area contributed by atoms with E-state index in [2.05, 4.69) is 31.1 Å². The SMILES string of the molecule is CCC1COC(C)CN1CC1(CNC)CCCCCC1. The van der Waals surface area contributed by atoms with Gasteiger partial charge in [-0.05, 0) is 38.6 Å². The highest BCUT2D eigenvalue weighted by atomic mass is 16.5. The smallest absolute Gasteiger partial charge is 0.0674 e. The quantitative estimate of drug-likeness (QED) is 0.784. The van der Waals surface area contributed by atoms with Gasteiger partial charge >= 0.3 is 0 Å². The Morgan fingerprint density at radius 1 is 1.20 bits per heavy atom. The van der Waals surface area contributed by atoms with Gasteiger partial charge in [0.05, 0.1) is 12.7 Å². The van der Waals surface area contributed by atoms with Gasteiger partial charge in [-0.1, -0.05) is 32.6 Å². The molecule has 1 N–H and O–H groups in total. The normalized spacial score (nSPS) is 31.9. The van der Waals surface area contributed by atoms with Gasteiger partial charge in [-0.3, -0.25) is 4.90 Å². The minimum atomic E-state index is 0.398. The third kappa shape index (κ3) is 4.19. The number of rotatable bonds is 5. The summed E-state index contributed by atoms with van der Waals surface area (Å²) in [5, 5.41) is 3.48. The second kappa shape index (κ2) is 7.77. The molecule has 1 aliphatic carbocycles. The van der Waals surface area contributed by atoms with E-state index in [9.17, 15) is 0 Å². The fourth-order valence-corrected chi connectivity index (χ4v) is 4.16. The Labute approximate surface area is 125 Å². The van der Waals surface area contributed by atoms with E-state index in [1.54, 1.807) is 0 Å². The van der Waals surface area contributed by atoms with Crippen molar-refractivity contribution in [2.45, 2.75) is 70.9 Å². The van der Waals surface area contributed by atoms with Crippen LogP contribution in [0.4, 0.5) is 0 Å². The van der Waals surface area contributed by atoms with Gasteiger partial charge in [-0.2, -0.15) is 0 Å². The maximum Gasteiger partial charge on any atom is 0.0674 e. The average Bonchev–Trinajstić information content (AvgIpc) is 2.65. The molecule has 1 heterocycles. The van der Waals surface area contributed by atoms with Gasteiger partial charge in [-0.25, -0.2) is 0 Å². The largest absolute Gasteiger partial charge is 0.376 e. The number of morpholine rings is 1. The number of nitrogens with zero attached hydrogens (tertiary/aromatic N) is 1. The van der Waals surface area contributed by atoms with Crippen LogP contribution in [0.3, 0.4) is 0 Å². The first-order chi connectivity index (χ1) is 9.69. The Balaban J connectivity index is 2.04. The minimum absolute atomic E-state index is 0.398. The summed E-state index contributed by atoms with van der Waals surface area (Å²) < 4.78 is 5.86. The molecule has 0 aromatic carbocycles. The molecule has 3 nitrogen and oxygen atoms in total.